The largest absolute Gasteiger partial charge is 0.464 e. The average Bonchev–Trinajstić information content (AvgIpc) is 2.76. The van der Waals surface area contributed by atoms with Crippen LogP contribution in [-0.2, 0) is 28.7 Å². The molecule has 8 atom stereocenters. The minimum Gasteiger partial charge on any atom is -0.464 e. The number of hydrogen-bond acceptors (Lipinski definition) is 6. The molecule has 0 aromatic rings. The van der Waals surface area contributed by atoms with Crippen molar-refractivity contribution < 1.29 is 33.0 Å². The van der Waals surface area contributed by atoms with Crippen LogP contribution in [0.25, 0.3) is 0 Å². The first-order valence-electron chi connectivity index (χ1n) is 13.6. The molecule has 0 bridgehead atoms. The van der Waals surface area contributed by atoms with Crippen molar-refractivity contribution in [3.8, 4) is 0 Å². The summed E-state index contributed by atoms with van der Waals surface area (Å²) in [6.45, 7) is 13.5. The maximum atomic E-state index is 14.5. The van der Waals surface area contributed by atoms with Crippen LogP contribution in [0.2, 0.25) is 0 Å². The molecule has 0 aromatic carbocycles. The highest BCUT2D eigenvalue weighted by atomic mass is 19.1. The molecule has 6 nitrogen and oxygen atoms in total. The van der Waals surface area contributed by atoms with Gasteiger partial charge in [-0.1, -0.05) is 34.6 Å². The molecule has 0 amide bonds. The van der Waals surface area contributed by atoms with Crippen molar-refractivity contribution in [2.24, 2.45) is 44.8 Å². The number of carbonyl (C=O) groups excluding carboxylic acids is 4. The van der Waals surface area contributed by atoms with E-state index in [4.69, 9.17) is 9.47 Å². The second-order valence-corrected chi connectivity index (χ2v) is 13.6. The Hall–Kier alpha value is -1.79. The molecule has 0 N–H and O–H groups in total. The van der Waals surface area contributed by atoms with Gasteiger partial charge < -0.3 is 9.47 Å². The van der Waals surface area contributed by atoms with Crippen LogP contribution in [-0.4, -0.2) is 36.5 Å². The average molecular weight is 507 g/mol. The summed E-state index contributed by atoms with van der Waals surface area (Å²) in [5.41, 5.74) is -2.50. The molecule has 7 heteroatoms. The predicted molar refractivity (Wildman–Crippen MR) is 131 cm³/mol. The van der Waals surface area contributed by atoms with Gasteiger partial charge in [0, 0.05) is 25.2 Å². The number of esters is 2. The number of carbonyl (C=O) groups is 4. The number of Topliss-reactive ketones (excluding diaryl/α,β-unsaturated/α-hetero) is 1. The number of ether oxygens (including phenoxy) is 2. The Morgan fingerprint density at radius 3 is 2.08 bits per heavy atom. The van der Waals surface area contributed by atoms with Crippen molar-refractivity contribution >= 4 is 23.8 Å². The first kappa shape index (κ1) is 27.3. The van der Waals surface area contributed by atoms with E-state index in [1.54, 1.807) is 0 Å². The molecule has 0 saturated heterocycles. The lowest BCUT2D eigenvalue weighted by atomic mass is 9.33. The maximum absolute atomic E-state index is 14.5. The Kier molecular flexibility index (Phi) is 6.53. The first-order chi connectivity index (χ1) is 16.6. The van der Waals surface area contributed by atoms with Crippen molar-refractivity contribution in [3.05, 3.63) is 0 Å². The van der Waals surface area contributed by atoms with Gasteiger partial charge in [-0.2, -0.15) is 4.39 Å². The lowest BCUT2D eigenvalue weighted by Gasteiger charge is -2.71. The highest BCUT2D eigenvalue weighted by Crippen LogP contribution is 2.74. The van der Waals surface area contributed by atoms with Gasteiger partial charge in [-0.25, -0.2) is 0 Å². The van der Waals surface area contributed by atoms with Crippen molar-refractivity contribution in [2.75, 3.05) is 6.61 Å². The Balaban J connectivity index is 1.67. The monoisotopic (exact) mass is 506 g/mol. The molecule has 4 aliphatic carbocycles. The van der Waals surface area contributed by atoms with Crippen LogP contribution >= 0.6 is 0 Å². The molecule has 4 rings (SSSR count). The van der Waals surface area contributed by atoms with E-state index in [9.17, 15) is 23.6 Å². The Labute approximate surface area is 214 Å². The predicted octanol–water partition coefficient (Wildman–Crippen LogP) is 5.60. The third-order valence-corrected chi connectivity index (χ3v) is 11.9. The summed E-state index contributed by atoms with van der Waals surface area (Å²) >= 11 is 0. The van der Waals surface area contributed by atoms with Crippen molar-refractivity contribution in [1.29, 1.82) is 0 Å². The zero-order valence-electron chi connectivity index (χ0n) is 23.0. The van der Waals surface area contributed by atoms with E-state index in [-0.39, 0.29) is 45.9 Å². The second-order valence-electron chi connectivity index (χ2n) is 13.6. The minimum absolute atomic E-state index is 0.0341. The van der Waals surface area contributed by atoms with Crippen LogP contribution < -0.4 is 0 Å². The molecule has 4 saturated carbocycles. The van der Waals surface area contributed by atoms with Crippen molar-refractivity contribution in [3.63, 3.8) is 0 Å². The van der Waals surface area contributed by atoms with E-state index in [0.717, 1.165) is 32.1 Å². The van der Waals surface area contributed by atoms with Gasteiger partial charge in [0.2, 0.25) is 0 Å². The molecule has 0 aliphatic heterocycles. The van der Waals surface area contributed by atoms with Gasteiger partial charge in [-0.15, -0.1) is 0 Å². The number of halogens is 1. The van der Waals surface area contributed by atoms with Gasteiger partial charge in [0.15, 0.2) is 11.2 Å². The van der Waals surface area contributed by atoms with Gasteiger partial charge >= 0.3 is 18.0 Å². The third-order valence-electron chi connectivity index (χ3n) is 11.9. The van der Waals surface area contributed by atoms with Gasteiger partial charge in [0.25, 0.3) is 0 Å². The SMILES string of the molecule is CC(=O)OCC1(C(=O)F)CCC2(C)C(CCC3C4(C)CCC(OC(C)=O)C(C)(C)C4CCC32C)C1=O. The smallest absolute Gasteiger partial charge is 0.318 e. The summed E-state index contributed by atoms with van der Waals surface area (Å²) in [4.78, 5) is 49.3. The summed E-state index contributed by atoms with van der Waals surface area (Å²) in [5, 5.41) is 0. The molecular formula is C29H43FO6. The topological polar surface area (TPSA) is 86.7 Å². The van der Waals surface area contributed by atoms with E-state index in [1.165, 1.54) is 13.8 Å². The fourth-order valence-electron chi connectivity index (χ4n) is 9.75. The molecule has 4 aliphatic rings. The highest BCUT2D eigenvalue weighted by molar-refractivity contribution is 6.06. The van der Waals surface area contributed by atoms with E-state index in [1.807, 2.05) is 0 Å². The van der Waals surface area contributed by atoms with Crippen LogP contribution in [0.4, 0.5) is 4.39 Å². The molecule has 0 aromatic heterocycles. The fraction of sp³-hybridized carbons (Fsp3) is 0.862. The lowest BCUT2D eigenvalue weighted by Crippen LogP contribution is -2.67. The molecular weight excluding hydrogens is 463 g/mol. The summed E-state index contributed by atoms with van der Waals surface area (Å²) in [6.07, 6.45) is 5.69. The number of ketones is 1. The maximum Gasteiger partial charge on any atom is 0.318 e. The van der Waals surface area contributed by atoms with E-state index in [2.05, 4.69) is 34.6 Å². The Bertz CT molecular complexity index is 975. The standard InChI is InChI=1S/C29H43FO6/c1-17(31)35-16-29(24(30)34)15-14-27(6)19(23(29)33)8-9-21-26(5)12-11-22(36-18(2)32)25(3,4)20(26)10-13-28(21,27)7/h19-22H,8-16H2,1-7H3. The van der Waals surface area contributed by atoms with E-state index in [0.29, 0.717) is 24.7 Å². The van der Waals surface area contributed by atoms with Crippen LogP contribution in [0.3, 0.4) is 0 Å². The number of rotatable bonds is 4. The van der Waals surface area contributed by atoms with Crippen molar-refractivity contribution in [1.82, 2.24) is 0 Å². The molecule has 202 valence electrons. The number of hydrogen-bond donors (Lipinski definition) is 0. The van der Waals surface area contributed by atoms with Gasteiger partial charge in [-0.3, -0.25) is 19.2 Å². The van der Waals surface area contributed by atoms with E-state index >= 15 is 0 Å². The fourth-order valence-corrected chi connectivity index (χ4v) is 9.75. The van der Waals surface area contributed by atoms with Crippen molar-refractivity contribution in [2.45, 2.75) is 106 Å². The first-order valence-corrected chi connectivity index (χ1v) is 13.6. The van der Waals surface area contributed by atoms with Gasteiger partial charge in [-0.05, 0) is 79.4 Å². The second kappa shape index (κ2) is 8.62. The summed E-state index contributed by atoms with van der Waals surface area (Å²) in [6, 6.07) is -1.68. The molecule has 8 unspecified atom stereocenters. The Morgan fingerprint density at radius 1 is 0.833 bits per heavy atom. The Morgan fingerprint density at radius 2 is 1.50 bits per heavy atom. The minimum atomic E-state index is -1.87. The summed E-state index contributed by atoms with van der Waals surface area (Å²) in [7, 11) is 0. The third kappa shape index (κ3) is 3.61. The molecule has 0 radical (unpaired) electrons. The molecule has 0 heterocycles. The van der Waals surface area contributed by atoms with Gasteiger partial charge in [0.05, 0.1) is 0 Å². The zero-order valence-corrected chi connectivity index (χ0v) is 23.0. The lowest BCUT2D eigenvalue weighted by molar-refractivity contribution is -0.237. The van der Waals surface area contributed by atoms with Crippen LogP contribution in [0, 0.1) is 44.8 Å². The van der Waals surface area contributed by atoms with E-state index < -0.39 is 29.9 Å². The zero-order chi connectivity index (χ0) is 26.9. The normalized spacial score (nSPS) is 45.5. The van der Waals surface area contributed by atoms with Gasteiger partial charge in [0.1, 0.15) is 12.7 Å². The van der Waals surface area contributed by atoms with Crippen LogP contribution in [0.5, 0.6) is 0 Å². The molecule has 0 spiro atoms. The number of fused-ring (bicyclic) bond motifs is 5. The summed E-state index contributed by atoms with van der Waals surface area (Å²) in [5.74, 6) is -0.908. The summed E-state index contributed by atoms with van der Waals surface area (Å²) < 4.78 is 25.3. The van der Waals surface area contributed by atoms with Crippen LogP contribution in [0.15, 0.2) is 0 Å². The quantitative estimate of drug-likeness (QED) is 0.280. The highest BCUT2D eigenvalue weighted by Gasteiger charge is 2.71. The molecule has 36 heavy (non-hydrogen) atoms. The molecule has 4 fully saturated rings. The van der Waals surface area contributed by atoms with Crippen LogP contribution in [0.1, 0.15) is 99.8 Å².